The first-order valence-corrected chi connectivity index (χ1v) is 8.53. The predicted octanol–water partition coefficient (Wildman–Crippen LogP) is 3.43. The number of halogens is 1. The second-order valence-corrected chi connectivity index (χ2v) is 6.45. The fraction of sp³-hybridized carbons (Fsp3) is 0.278. The Kier molecular flexibility index (Phi) is 4.06. The van der Waals surface area contributed by atoms with E-state index in [0.717, 1.165) is 5.56 Å². The maximum absolute atomic E-state index is 14.0. The number of fused-ring (bicyclic) bond motifs is 1. The van der Waals surface area contributed by atoms with E-state index in [2.05, 4.69) is 20.3 Å². The van der Waals surface area contributed by atoms with Crippen molar-refractivity contribution in [1.82, 2.24) is 19.5 Å². The minimum absolute atomic E-state index is 0.145. The van der Waals surface area contributed by atoms with Crippen molar-refractivity contribution in [1.29, 1.82) is 0 Å². The van der Waals surface area contributed by atoms with Crippen LogP contribution in [0.4, 0.5) is 16.0 Å². The predicted molar refractivity (Wildman–Crippen MR) is 96.4 cm³/mol. The molecule has 9 heteroatoms. The third kappa shape index (κ3) is 2.90. The first-order valence-electron chi connectivity index (χ1n) is 8.53. The Morgan fingerprint density at radius 3 is 2.85 bits per heavy atom. The molecular formula is C18H17FN6O2. The minimum atomic E-state index is -0.492. The van der Waals surface area contributed by atoms with E-state index in [4.69, 9.17) is 0 Å². The molecule has 2 heterocycles. The highest BCUT2D eigenvalue weighted by Gasteiger charge is 2.28. The lowest BCUT2D eigenvalue weighted by molar-refractivity contribution is -0.385. The molecule has 3 aromatic rings. The summed E-state index contributed by atoms with van der Waals surface area (Å²) in [5, 5.41) is 14.7. The Balaban J connectivity index is 1.76. The molecule has 2 aromatic heterocycles. The van der Waals surface area contributed by atoms with Gasteiger partial charge in [-0.2, -0.15) is 4.98 Å². The quantitative estimate of drug-likeness (QED) is 0.559. The van der Waals surface area contributed by atoms with Crippen molar-refractivity contribution in [2.75, 3.05) is 5.32 Å². The zero-order chi connectivity index (χ0) is 19.1. The van der Waals surface area contributed by atoms with Crippen molar-refractivity contribution in [3.8, 4) is 5.82 Å². The molecule has 0 fully saturated rings. The molecule has 0 amide bonds. The summed E-state index contributed by atoms with van der Waals surface area (Å²) in [5.41, 5.74) is 1.65. The third-order valence-electron chi connectivity index (χ3n) is 4.79. The van der Waals surface area contributed by atoms with Gasteiger partial charge in [0.1, 0.15) is 17.3 Å². The van der Waals surface area contributed by atoms with Crippen LogP contribution in [-0.4, -0.2) is 24.4 Å². The lowest BCUT2D eigenvalue weighted by Crippen LogP contribution is -2.14. The van der Waals surface area contributed by atoms with Crippen LogP contribution in [0.2, 0.25) is 0 Å². The number of hydrogen-bond acceptors (Lipinski definition) is 6. The lowest BCUT2D eigenvalue weighted by Gasteiger charge is -2.16. The normalized spacial score (nSPS) is 15.6. The van der Waals surface area contributed by atoms with Gasteiger partial charge in [-0.25, -0.2) is 14.4 Å². The molecule has 0 bridgehead atoms. The Labute approximate surface area is 154 Å². The number of aryl methyl sites for hydroxylation is 2. The van der Waals surface area contributed by atoms with Crippen LogP contribution in [0, 0.1) is 29.8 Å². The van der Waals surface area contributed by atoms with Crippen LogP contribution in [0.3, 0.4) is 0 Å². The summed E-state index contributed by atoms with van der Waals surface area (Å²) in [6.45, 7) is 3.31. The molecule has 1 aromatic carbocycles. The van der Waals surface area contributed by atoms with E-state index in [1.54, 1.807) is 36.9 Å². The average Bonchev–Trinajstić information content (AvgIpc) is 3.21. The molecule has 1 N–H and O–H groups in total. The lowest BCUT2D eigenvalue weighted by atomic mass is 10.1. The molecule has 1 aliphatic rings. The van der Waals surface area contributed by atoms with Crippen molar-refractivity contribution in [2.24, 2.45) is 0 Å². The van der Waals surface area contributed by atoms with Crippen LogP contribution in [0.25, 0.3) is 5.82 Å². The minimum Gasteiger partial charge on any atom is -0.347 e. The van der Waals surface area contributed by atoms with E-state index in [1.807, 2.05) is 6.07 Å². The summed E-state index contributed by atoms with van der Waals surface area (Å²) in [6, 6.07) is 4.86. The highest BCUT2D eigenvalue weighted by molar-refractivity contribution is 5.54. The molecule has 1 unspecified atom stereocenters. The number of imidazole rings is 1. The van der Waals surface area contributed by atoms with E-state index in [-0.39, 0.29) is 35.0 Å². The first-order chi connectivity index (χ1) is 13.0. The van der Waals surface area contributed by atoms with Gasteiger partial charge in [-0.15, -0.1) is 0 Å². The first kappa shape index (κ1) is 17.1. The Morgan fingerprint density at radius 2 is 2.15 bits per heavy atom. The maximum atomic E-state index is 14.0. The SMILES string of the molecule is Cc1nc(NC2CCc3c(F)cccc32)nc(-n2ccnc2C)c1[N+](=O)[O-]. The molecule has 27 heavy (non-hydrogen) atoms. The van der Waals surface area contributed by atoms with Crippen LogP contribution < -0.4 is 5.32 Å². The summed E-state index contributed by atoms with van der Waals surface area (Å²) in [4.78, 5) is 23.8. The van der Waals surface area contributed by atoms with E-state index in [0.29, 0.717) is 24.2 Å². The van der Waals surface area contributed by atoms with Gasteiger partial charge in [0.25, 0.3) is 0 Å². The Morgan fingerprint density at radius 1 is 1.33 bits per heavy atom. The van der Waals surface area contributed by atoms with Crippen molar-refractivity contribution >= 4 is 11.6 Å². The molecule has 0 aliphatic heterocycles. The molecule has 0 radical (unpaired) electrons. The number of nitrogens with zero attached hydrogens (tertiary/aromatic N) is 5. The Hall–Kier alpha value is -3.36. The van der Waals surface area contributed by atoms with Crippen LogP contribution >= 0.6 is 0 Å². The Bertz CT molecular complexity index is 1050. The number of nitro groups is 1. The molecule has 8 nitrogen and oxygen atoms in total. The van der Waals surface area contributed by atoms with E-state index < -0.39 is 4.92 Å². The average molecular weight is 368 g/mol. The molecule has 1 aliphatic carbocycles. The molecule has 4 rings (SSSR count). The van der Waals surface area contributed by atoms with Crippen LogP contribution in [0.15, 0.2) is 30.6 Å². The van der Waals surface area contributed by atoms with Gasteiger partial charge < -0.3 is 5.32 Å². The van der Waals surface area contributed by atoms with Gasteiger partial charge >= 0.3 is 5.69 Å². The number of nitrogens with one attached hydrogen (secondary N) is 1. The van der Waals surface area contributed by atoms with Gasteiger partial charge in [-0.3, -0.25) is 14.7 Å². The summed E-state index contributed by atoms with van der Waals surface area (Å²) < 4.78 is 15.5. The van der Waals surface area contributed by atoms with E-state index in [9.17, 15) is 14.5 Å². The van der Waals surface area contributed by atoms with Gasteiger partial charge in [0.05, 0.1) is 11.0 Å². The van der Waals surface area contributed by atoms with Gasteiger partial charge in [0, 0.05) is 12.4 Å². The summed E-state index contributed by atoms with van der Waals surface area (Å²) in [5.74, 6) is 0.786. The largest absolute Gasteiger partial charge is 0.347 e. The number of anilines is 1. The summed E-state index contributed by atoms with van der Waals surface area (Å²) in [6.07, 6.45) is 4.50. The molecule has 0 saturated carbocycles. The molecule has 0 spiro atoms. The van der Waals surface area contributed by atoms with Crippen molar-refractivity contribution < 1.29 is 9.31 Å². The summed E-state index contributed by atoms with van der Waals surface area (Å²) >= 11 is 0. The number of rotatable bonds is 4. The fourth-order valence-corrected chi connectivity index (χ4v) is 3.52. The van der Waals surface area contributed by atoms with Crippen LogP contribution in [-0.2, 0) is 6.42 Å². The highest BCUT2D eigenvalue weighted by atomic mass is 19.1. The molecule has 0 saturated heterocycles. The van der Waals surface area contributed by atoms with Crippen molar-refractivity contribution in [3.63, 3.8) is 0 Å². The number of aromatic nitrogens is 4. The second-order valence-electron chi connectivity index (χ2n) is 6.45. The fourth-order valence-electron chi connectivity index (χ4n) is 3.52. The van der Waals surface area contributed by atoms with Gasteiger partial charge in [0.15, 0.2) is 0 Å². The van der Waals surface area contributed by atoms with Gasteiger partial charge in [-0.1, -0.05) is 12.1 Å². The monoisotopic (exact) mass is 368 g/mol. The zero-order valence-corrected chi connectivity index (χ0v) is 14.8. The summed E-state index contributed by atoms with van der Waals surface area (Å²) in [7, 11) is 0. The van der Waals surface area contributed by atoms with E-state index in [1.165, 1.54) is 6.07 Å². The molecular weight excluding hydrogens is 351 g/mol. The molecule has 138 valence electrons. The van der Waals surface area contributed by atoms with Crippen molar-refractivity contribution in [3.05, 3.63) is 69.2 Å². The van der Waals surface area contributed by atoms with Crippen molar-refractivity contribution in [2.45, 2.75) is 32.7 Å². The molecule has 1 atom stereocenters. The van der Waals surface area contributed by atoms with Crippen LogP contribution in [0.5, 0.6) is 0 Å². The second kappa shape index (κ2) is 6.42. The maximum Gasteiger partial charge on any atom is 0.333 e. The number of hydrogen-bond donors (Lipinski definition) is 1. The smallest absolute Gasteiger partial charge is 0.333 e. The van der Waals surface area contributed by atoms with Gasteiger partial charge in [-0.05, 0) is 43.9 Å². The van der Waals surface area contributed by atoms with Gasteiger partial charge in [0.2, 0.25) is 11.8 Å². The topological polar surface area (TPSA) is 98.8 Å². The highest BCUT2D eigenvalue weighted by Crippen LogP contribution is 2.35. The van der Waals surface area contributed by atoms with Crippen LogP contribution in [0.1, 0.15) is 35.1 Å². The zero-order valence-electron chi connectivity index (χ0n) is 14.8. The standard InChI is InChI=1S/C18H17FN6O2/c1-10-16(25(26)27)17(24-9-8-20-11(24)2)23-18(21-10)22-15-7-6-12-13(15)4-3-5-14(12)19/h3-5,8-9,15H,6-7H2,1-2H3,(H,21,22,23). The third-order valence-corrected chi connectivity index (χ3v) is 4.79. The van der Waals surface area contributed by atoms with E-state index >= 15 is 0 Å². The number of benzene rings is 1.